The first-order chi connectivity index (χ1) is 32.3. The van der Waals surface area contributed by atoms with Gasteiger partial charge in [-0.1, -0.05) is 132 Å². The molecule has 0 rings (SSSR count). The van der Waals surface area contributed by atoms with Crippen molar-refractivity contribution >= 4 is 25.1 Å². The Morgan fingerprint density at radius 1 is 0.368 bits per heavy atom. The Kier molecular flexibility index (Phi) is 54.5. The molecule has 3 atom stereocenters. The molecule has 4 nitrogen and oxygen atoms in total. The average molecular weight is 942 g/mol. The van der Waals surface area contributed by atoms with Crippen molar-refractivity contribution in [2.45, 2.75) is 244 Å². The summed E-state index contributed by atoms with van der Waals surface area (Å²) in [5, 5.41) is 0. The Balaban J connectivity index is -0.000000402. The normalized spacial score (nSPS) is 12.3. The van der Waals surface area contributed by atoms with Crippen LogP contribution in [-0.2, 0) is 19.2 Å². The molecule has 0 N–H and O–H groups in total. The van der Waals surface area contributed by atoms with E-state index in [0.29, 0.717) is 37.5 Å². The van der Waals surface area contributed by atoms with Gasteiger partial charge in [0.15, 0.2) is 0 Å². The first-order valence-electron chi connectivity index (χ1n) is 26.5. The highest BCUT2D eigenvalue weighted by Crippen LogP contribution is 2.19. The third-order valence-corrected chi connectivity index (χ3v) is 11.6. The van der Waals surface area contributed by atoms with E-state index in [1.807, 2.05) is 6.08 Å². The van der Waals surface area contributed by atoms with Crippen LogP contribution in [0.4, 0.5) is 0 Å². The summed E-state index contributed by atoms with van der Waals surface area (Å²) >= 11 is 0. The fourth-order valence-electron chi connectivity index (χ4n) is 6.98. The van der Waals surface area contributed by atoms with Gasteiger partial charge in [0.05, 0.1) is 0 Å². The molecule has 0 aromatic heterocycles. The molecular weight excluding hydrogens is 833 g/mol. The minimum atomic E-state index is 0.342. The topological polar surface area (TPSA) is 68.3 Å². The van der Waals surface area contributed by atoms with Crippen LogP contribution < -0.4 is 0 Å². The van der Waals surface area contributed by atoms with E-state index in [2.05, 4.69) is 152 Å². The first kappa shape index (κ1) is 70.6. The van der Waals surface area contributed by atoms with Gasteiger partial charge in [0, 0.05) is 25.7 Å². The maximum atomic E-state index is 10.4. The lowest BCUT2D eigenvalue weighted by atomic mass is 9.96. The number of aldehydes is 4. The monoisotopic (exact) mass is 941 g/mol. The fourth-order valence-corrected chi connectivity index (χ4v) is 6.98. The van der Waals surface area contributed by atoms with E-state index < -0.39 is 0 Å². The summed E-state index contributed by atoms with van der Waals surface area (Å²) in [4.78, 5) is 41.1. The van der Waals surface area contributed by atoms with Gasteiger partial charge in [-0.25, -0.2) is 0 Å². The Hall–Kier alpha value is -3.92. The SMILES string of the molecule is C=C(CCC=O)CC/C=C(\C)CCC=C(C)C.C=C(CCC=O)CCCC(C)CCC=C(C)C.C=CC(CC=O)CC/C=C(\C)CCC=C(C)C.CC(C)=CCC/C(C)=C/CCC(C)CCC=O. The second kappa shape index (κ2) is 52.5. The predicted octanol–water partition coefficient (Wildman–Crippen LogP) is 20.0. The molecule has 0 fully saturated rings. The van der Waals surface area contributed by atoms with Crippen molar-refractivity contribution < 1.29 is 19.2 Å². The van der Waals surface area contributed by atoms with Crippen molar-refractivity contribution in [1.82, 2.24) is 0 Å². The Labute approximate surface area is 422 Å². The Morgan fingerprint density at radius 3 is 1.09 bits per heavy atom. The van der Waals surface area contributed by atoms with Crippen LogP contribution in [0.1, 0.15) is 244 Å². The number of rotatable bonds is 37. The lowest BCUT2D eigenvalue weighted by Gasteiger charge is -2.10. The quantitative estimate of drug-likeness (QED) is 0.0460. The van der Waals surface area contributed by atoms with E-state index in [1.54, 1.807) is 0 Å². The van der Waals surface area contributed by atoms with Gasteiger partial charge in [-0.15, -0.1) is 6.58 Å². The minimum Gasteiger partial charge on any atom is -0.303 e. The molecule has 0 spiro atoms. The Bertz CT molecular complexity index is 1540. The molecule has 0 aliphatic carbocycles. The molecule has 0 heterocycles. The number of carbonyl (C=O) groups excluding carboxylic acids is 4. The van der Waals surface area contributed by atoms with Crippen molar-refractivity contribution in [3.63, 3.8) is 0 Å². The van der Waals surface area contributed by atoms with Crippen LogP contribution in [0.5, 0.6) is 0 Å². The van der Waals surface area contributed by atoms with Crippen molar-refractivity contribution in [2.24, 2.45) is 17.8 Å². The van der Waals surface area contributed by atoms with Crippen LogP contribution in [0, 0.1) is 17.8 Å². The zero-order chi connectivity index (χ0) is 52.4. The van der Waals surface area contributed by atoms with Gasteiger partial charge in [0.1, 0.15) is 25.1 Å². The van der Waals surface area contributed by atoms with Crippen molar-refractivity contribution in [2.75, 3.05) is 0 Å². The highest BCUT2D eigenvalue weighted by Gasteiger charge is 2.04. The van der Waals surface area contributed by atoms with E-state index in [1.165, 1.54) is 88.7 Å². The van der Waals surface area contributed by atoms with Gasteiger partial charge in [-0.3, -0.25) is 0 Å². The van der Waals surface area contributed by atoms with E-state index in [4.69, 9.17) is 0 Å². The van der Waals surface area contributed by atoms with Crippen molar-refractivity contribution in [1.29, 1.82) is 0 Å². The zero-order valence-corrected chi connectivity index (χ0v) is 46.9. The standard InChI is InChI=1S/2C16H28O.2C16H26O/c3*1-14(2)8-5-9-15(3)10-6-11-16(4)12-7-13-17;1-5-16(12-13-17)11-7-10-15(4)9-6-8-14(2)3/h8,10,13,16H,5-7,9,11-12H2,1-4H3;8,13,15H,4-7,9-12H2,1-3H3;8,10,13H,4-7,9,11-12H2,1-3H3;5,8,10,13,16H,1,6-7,9,11-12H2,2-4H3/b15-10+;;2*15-10+. The third kappa shape index (κ3) is 62.1. The molecule has 0 aliphatic rings. The largest absolute Gasteiger partial charge is 0.303 e. The number of allylic oxidation sites excluding steroid dienone is 17. The van der Waals surface area contributed by atoms with Crippen LogP contribution in [0.15, 0.2) is 119 Å². The van der Waals surface area contributed by atoms with Crippen LogP contribution in [-0.4, -0.2) is 25.1 Å². The molecule has 68 heavy (non-hydrogen) atoms. The van der Waals surface area contributed by atoms with Crippen LogP contribution in [0.3, 0.4) is 0 Å². The summed E-state index contributed by atoms with van der Waals surface area (Å²) in [5.74, 6) is 1.81. The second-order valence-corrected chi connectivity index (χ2v) is 20.3. The van der Waals surface area contributed by atoms with Gasteiger partial charge in [0.25, 0.3) is 0 Å². The van der Waals surface area contributed by atoms with Crippen LogP contribution in [0.2, 0.25) is 0 Å². The third-order valence-electron chi connectivity index (χ3n) is 11.6. The van der Waals surface area contributed by atoms with Crippen molar-refractivity contribution in [3.05, 3.63) is 119 Å². The zero-order valence-electron chi connectivity index (χ0n) is 46.9. The molecule has 4 heteroatoms. The van der Waals surface area contributed by atoms with Gasteiger partial charge < -0.3 is 19.2 Å². The van der Waals surface area contributed by atoms with Gasteiger partial charge >= 0.3 is 0 Å². The maximum absolute atomic E-state index is 10.4. The van der Waals surface area contributed by atoms with E-state index in [0.717, 1.165) is 121 Å². The maximum Gasteiger partial charge on any atom is 0.120 e. The molecule has 0 saturated carbocycles. The number of carbonyl (C=O) groups is 4. The molecule has 0 bridgehead atoms. The van der Waals surface area contributed by atoms with Gasteiger partial charge in [0.2, 0.25) is 0 Å². The molecule has 0 aromatic rings. The molecule has 0 aromatic carbocycles. The summed E-state index contributed by atoms with van der Waals surface area (Å²) in [7, 11) is 0. The summed E-state index contributed by atoms with van der Waals surface area (Å²) in [6, 6.07) is 0. The van der Waals surface area contributed by atoms with E-state index in [9.17, 15) is 19.2 Å². The summed E-state index contributed by atoms with van der Waals surface area (Å²) in [6.07, 6.45) is 46.7. The molecule has 388 valence electrons. The highest BCUT2D eigenvalue weighted by molar-refractivity contribution is 5.50. The highest BCUT2D eigenvalue weighted by atomic mass is 16.1. The van der Waals surface area contributed by atoms with E-state index in [-0.39, 0.29) is 0 Å². The number of hydrogen-bond acceptors (Lipinski definition) is 4. The van der Waals surface area contributed by atoms with Crippen LogP contribution in [0.25, 0.3) is 0 Å². The molecule has 3 unspecified atom stereocenters. The summed E-state index contributed by atoms with van der Waals surface area (Å²) < 4.78 is 0. The lowest BCUT2D eigenvalue weighted by Crippen LogP contribution is -1.96. The molecular formula is C64H108O4. The molecule has 0 aliphatic heterocycles. The van der Waals surface area contributed by atoms with Crippen molar-refractivity contribution in [3.8, 4) is 0 Å². The average Bonchev–Trinajstić information content (AvgIpc) is 3.26. The fraction of sp³-hybridized carbons (Fsp3) is 0.625. The second-order valence-electron chi connectivity index (χ2n) is 20.3. The Morgan fingerprint density at radius 2 is 0.691 bits per heavy atom. The minimum absolute atomic E-state index is 0.342. The lowest BCUT2D eigenvalue weighted by molar-refractivity contribution is -0.109. The van der Waals surface area contributed by atoms with Gasteiger partial charge in [-0.05, 0) is 216 Å². The van der Waals surface area contributed by atoms with Gasteiger partial charge in [-0.2, -0.15) is 0 Å². The van der Waals surface area contributed by atoms with Crippen LogP contribution >= 0.6 is 0 Å². The molecule has 0 saturated heterocycles. The summed E-state index contributed by atoms with van der Waals surface area (Å²) in [6.45, 7) is 40.0. The number of hydrogen-bond donors (Lipinski definition) is 0. The molecule has 0 amide bonds. The summed E-state index contributed by atoms with van der Waals surface area (Å²) in [5.41, 5.74) is 12.4. The predicted molar refractivity (Wildman–Crippen MR) is 304 cm³/mol. The first-order valence-corrected chi connectivity index (χ1v) is 26.5. The van der Waals surface area contributed by atoms with E-state index >= 15 is 0 Å². The molecule has 0 radical (unpaired) electrons. The smallest absolute Gasteiger partial charge is 0.120 e.